The maximum Gasteiger partial charge on any atom is 0.197 e. The number of hydrogen-bond donors (Lipinski definition) is 0. The van der Waals surface area contributed by atoms with Crippen molar-refractivity contribution in [1.82, 2.24) is 4.98 Å². The molecule has 0 N–H and O–H groups in total. The largest absolute Gasteiger partial charge is 0.448 e. The maximum atomic E-state index is 10.4. The highest BCUT2D eigenvalue weighted by molar-refractivity contribution is 5.70. The summed E-state index contributed by atoms with van der Waals surface area (Å²) in [5, 5.41) is 0. The van der Waals surface area contributed by atoms with E-state index in [0.29, 0.717) is 23.8 Å². The molecule has 3 nitrogen and oxygen atoms in total. The second-order valence-corrected chi connectivity index (χ2v) is 3.40. The molecule has 72 valence electrons. The number of carbonyl (C=O) groups is 1. The number of aromatic nitrogens is 1. The van der Waals surface area contributed by atoms with Crippen LogP contribution < -0.4 is 0 Å². The Kier molecular flexibility index (Phi) is 3.23. The molecule has 1 aromatic heterocycles. The molecule has 13 heavy (non-hydrogen) atoms. The van der Waals surface area contributed by atoms with E-state index in [0.717, 1.165) is 6.42 Å². The number of oxazole rings is 1. The van der Waals surface area contributed by atoms with Crippen LogP contribution in [0.25, 0.3) is 0 Å². The van der Waals surface area contributed by atoms with Crippen molar-refractivity contribution in [3.63, 3.8) is 0 Å². The van der Waals surface area contributed by atoms with Gasteiger partial charge in [0.1, 0.15) is 12.0 Å². The van der Waals surface area contributed by atoms with Crippen molar-refractivity contribution in [3.8, 4) is 0 Å². The lowest BCUT2D eigenvalue weighted by Gasteiger charge is -2.13. The quantitative estimate of drug-likeness (QED) is 0.670. The third kappa shape index (κ3) is 2.17. The molecule has 2 atom stereocenters. The number of aldehydes is 1. The Bertz CT molecular complexity index is 280. The van der Waals surface area contributed by atoms with E-state index in [-0.39, 0.29) is 5.92 Å². The van der Waals surface area contributed by atoms with Crippen LogP contribution in [0, 0.1) is 5.92 Å². The Labute approximate surface area is 78.2 Å². The normalized spacial score (nSPS) is 15.3. The molecule has 1 unspecified atom stereocenters. The maximum absolute atomic E-state index is 10.4. The molecule has 0 amide bonds. The van der Waals surface area contributed by atoms with Gasteiger partial charge >= 0.3 is 0 Å². The molecule has 0 aromatic carbocycles. The van der Waals surface area contributed by atoms with Gasteiger partial charge in [0.15, 0.2) is 12.2 Å². The zero-order valence-corrected chi connectivity index (χ0v) is 8.28. The van der Waals surface area contributed by atoms with Gasteiger partial charge in [-0.25, -0.2) is 4.98 Å². The first-order valence-corrected chi connectivity index (χ1v) is 4.59. The molecule has 0 spiro atoms. The third-order valence-electron chi connectivity index (χ3n) is 2.55. The van der Waals surface area contributed by atoms with Crippen molar-refractivity contribution >= 4 is 6.29 Å². The molecular formula is C10H15NO2. The van der Waals surface area contributed by atoms with Gasteiger partial charge in [-0.15, -0.1) is 0 Å². The fraction of sp³-hybridized carbons (Fsp3) is 0.600. The summed E-state index contributed by atoms with van der Waals surface area (Å²) in [6.07, 6.45) is 3.19. The topological polar surface area (TPSA) is 43.1 Å². The van der Waals surface area contributed by atoms with Crippen LogP contribution in [0.1, 0.15) is 49.5 Å². The molecule has 1 heterocycles. The van der Waals surface area contributed by atoms with Crippen LogP contribution in [0.3, 0.4) is 0 Å². The lowest BCUT2D eigenvalue weighted by Crippen LogP contribution is -2.05. The van der Waals surface area contributed by atoms with Gasteiger partial charge in [0.05, 0.1) is 0 Å². The first-order chi connectivity index (χ1) is 6.19. The Morgan fingerprint density at radius 2 is 2.31 bits per heavy atom. The highest BCUT2D eigenvalue weighted by Crippen LogP contribution is 2.25. The minimum Gasteiger partial charge on any atom is -0.448 e. The van der Waals surface area contributed by atoms with E-state index in [1.165, 1.54) is 6.26 Å². The van der Waals surface area contributed by atoms with E-state index in [9.17, 15) is 4.79 Å². The van der Waals surface area contributed by atoms with E-state index >= 15 is 0 Å². The van der Waals surface area contributed by atoms with Crippen molar-refractivity contribution in [3.05, 3.63) is 17.8 Å². The van der Waals surface area contributed by atoms with E-state index in [1.807, 2.05) is 0 Å². The summed E-state index contributed by atoms with van der Waals surface area (Å²) in [5.41, 5.74) is 0.380. The van der Waals surface area contributed by atoms with Gasteiger partial charge in [0.2, 0.25) is 0 Å². The molecule has 0 radical (unpaired) electrons. The van der Waals surface area contributed by atoms with Crippen LogP contribution in [0.4, 0.5) is 0 Å². The highest BCUT2D eigenvalue weighted by atomic mass is 16.3. The second kappa shape index (κ2) is 4.21. The summed E-state index contributed by atoms with van der Waals surface area (Å²) in [6.45, 7) is 6.34. The predicted molar refractivity (Wildman–Crippen MR) is 49.8 cm³/mol. The lowest BCUT2D eigenvalue weighted by atomic mass is 9.94. The van der Waals surface area contributed by atoms with E-state index < -0.39 is 0 Å². The number of nitrogens with zero attached hydrogens (tertiary/aromatic N) is 1. The monoisotopic (exact) mass is 181 g/mol. The highest BCUT2D eigenvalue weighted by Gasteiger charge is 2.17. The molecule has 0 aliphatic carbocycles. The summed E-state index contributed by atoms with van der Waals surface area (Å²) < 4.78 is 5.20. The molecule has 0 aliphatic rings. The Morgan fingerprint density at radius 1 is 1.62 bits per heavy atom. The first-order valence-electron chi connectivity index (χ1n) is 4.59. The van der Waals surface area contributed by atoms with E-state index in [2.05, 4.69) is 25.8 Å². The average Bonchev–Trinajstić information content (AvgIpc) is 2.63. The van der Waals surface area contributed by atoms with E-state index in [4.69, 9.17) is 4.42 Å². The predicted octanol–water partition coefficient (Wildman–Crippen LogP) is 2.64. The molecule has 0 saturated heterocycles. The standard InChI is InChI=1S/C10H15NO2/c1-4-7(2)8(3)10-11-9(5-12)6-13-10/h5-8H,4H2,1-3H3/t7?,8-/m0/s1. The van der Waals surface area contributed by atoms with Crippen molar-refractivity contribution in [1.29, 1.82) is 0 Å². The summed E-state index contributed by atoms with van der Waals surface area (Å²) in [4.78, 5) is 14.4. The van der Waals surface area contributed by atoms with Gasteiger partial charge in [0, 0.05) is 5.92 Å². The van der Waals surface area contributed by atoms with Crippen molar-refractivity contribution in [2.75, 3.05) is 0 Å². The average molecular weight is 181 g/mol. The SMILES string of the molecule is CCC(C)[C@H](C)c1nc(C=O)co1. The van der Waals surface area contributed by atoms with Gasteiger partial charge < -0.3 is 4.42 Å². The molecule has 1 rings (SSSR count). The second-order valence-electron chi connectivity index (χ2n) is 3.40. The van der Waals surface area contributed by atoms with Crippen LogP contribution in [-0.2, 0) is 0 Å². The van der Waals surface area contributed by atoms with Crippen LogP contribution in [0.5, 0.6) is 0 Å². The van der Waals surface area contributed by atoms with Crippen LogP contribution in [0.15, 0.2) is 10.7 Å². The summed E-state index contributed by atoms with van der Waals surface area (Å²) in [6, 6.07) is 0. The van der Waals surface area contributed by atoms with Crippen molar-refractivity contribution in [2.45, 2.75) is 33.1 Å². The van der Waals surface area contributed by atoms with Gasteiger partial charge in [-0.05, 0) is 5.92 Å². The molecule has 1 aromatic rings. The van der Waals surface area contributed by atoms with Gasteiger partial charge in [0.25, 0.3) is 0 Å². The summed E-state index contributed by atoms with van der Waals surface area (Å²) in [7, 11) is 0. The minimum atomic E-state index is 0.277. The smallest absolute Gasteiger partial charge is 0.197 e. The lowest BCUT2D eigenvalue weighted by molar-refractivity contribution is 0.111. The fourth-order valence-electron chi connectivity index (χ4n) is 1.16. The third-order valence-corrected chi connectivity index (χ3v) is 2.55. The van der Waals surface area contributed by atoms with Gasteiger partial charge in [-0.2, -0.15) is 0 Å². The Hall–Kier alpha value is -1.12. The minimum absolute atomic E-state index is 0.277. The van der Waals surface area contributed by atoms with Gasteiger partial charge in [-0.3, -0.25) is 4.79 Å². The fourth-order valence-corrected chi connectivity index (χ4v) is 1.16. The zero-order chi connectivity index (χ0) is 9.84. The van der Waals surface area contributed by atoms with Gasteiger partial charge in [-0.1, -0.05) is 27.2 Å². The Balaban J connectivity index is 2.76. The molecular weight excluding hydrogens is 166 g/mol. The van der Waals surface area contributed by atoms with Crippen LogP contribution in [-0.4, -0.2) is 11.3 Å². The van der Waals surface area contributed by atoms with Crippen molar-refractivity contribution < 1.29 is 9.21 Å². The van der Waals surface area contributed by atoms with Crippen LogP contribution >= 0.6 is 0 Å². The zero-order valence-electron chi connectivity index (χ0n) is 8.28. The number of carbonyl (C=O) groups excluding carboxylic acids is 1. The first kappa shape index (κ1) is 9.96. The Morgan fingerprint density at radius 3 is 2.77 bits per heavy atom. The summed E-state index contributed by atoms with van der Waals surface area (Å²) in [5.74, 6) is 1.47. The molecule has 0 fully saturated rings. The summed E-state index contributed by atoms with van der Waals surface area (Å²) >= 11 is 0. The number of rotatable bonds is 4. The molecule has 0 aliphatic heterocycles. The van der Waals surface area contributed by atoms with Crippen molar-refractivity contribution in [2.24, 2.45) is 5.92 Å². The molecule has 0 bridgehead atoms. The van der Waals surface area contributed by atoms with E-state index in [1.54, 1.807) is 0 Å². The van der Waals surface area contributed by atoms with Crippen LogP contribution in [0.2, 0.25) is 0 Å². The number of hydrogen-bond acceptors (Lipinski definition) is 3. The molecule has 3 heteroatoms. The molecule has 0 saturated carbocycles.